The topological polar surface area (TPSA) is 197 Å². The number of pyridine rings is 2. The molecular formula is C57H65N11O4S. The van der Waals surface area contributed by atoms with Crippen LogP contribution in [0.25, 0.3) is 10.7 Å². The molecule has 1 unspecified atom stereocenters. The first-order chi connectivity index (χ1) is 35.8. The molecule has 6 N–H and O–H groups in total. The zero-order chi connectivity index (χ0) is 50.6. The van der Waals surface area contributed by atoms with Crippen LogP contribution in [0.4, 0.5) is 17.1 Å². The van der Waals surface area contributed by atoms with Gasteiger partial charge in [0.25, 0.3) is 17.7 Å². The predicted octanol–water partition coefficient (Wildman–Crippen LogP) is 9.63. The molecule has 73 heavy (non-hydrogen) atoms. The molecule has 0 radical (unpaired) electrons. The lowest BCUT2D eigenvalue weighted by molar-refractivity contribution is 0.0277. The Balaban J connectivity index is 0.000000146. The highest BCUT2D eigenvalue weighted by Gasteiger charge is 2.19. The van der Waals surface area contributed by atoms with Gasteiger partial charge < -0.3 is 36.6 Å². The number of rotatable bonds is 13. The van der Waals surface area contributed by atoms with Gasteiger partial charge in [0.15, 0.2) is 0 Å². The van der Waals surface area contributed by atoms with E-state index >= 15 is 0 Å². The Bertz CT molecular complexity index is 2790. The molecule has 16 heteroatoms. The van der Waals surface area contributed by atoms with Crippen LogP contribution in [-0.4, -0.2) is 88.5 Å². The fraction of sp³-hybridized carbons (Fsp3) is 0.333. The van der Waals surface area contributed by atoms with E-state index in [9.17, 15) is 14.4 Å². The average Bonchev–Trinajstić information content (AvgIpc) is 3.97. The van der Waals surface area contributed by atoms with E-state index in [0.29, 0.717) is 46.0 Å². The summed E-state index contributed by atoms with van der Waals surface area (Å²) in [5.74, 6) is 0.683. The van der Waals surface area contributed by atoms with Gasteiger partial charge >= 0.3 is 0 Å². The van der Waals surface area contributed by atoms with Crippen LogP contribution in [0.2, 0.25) is 0 Å². The van der Waals surface area contributed by atoms with E-state index in [4.69, 9.17) is 4.74 Å². The van der Waals surface area contributed by atoms with Crippen LogP contribution in [0.5, 0.6) is 0 Å². The largest absolute Gasteiger partial charge is 0.371 e. The van der Waals surface area contributed by atoms with Crippen molar-refractivity contribution in [2.24, 2.45) is 0 Å². The van der Waals surface area contributed by atoms with E-state index in [-0.39, 0.29) is 23.8 Å². The molecule has 0 saturated carbocycles. The Morgan fingerprint density at radius 3 is 1.62 bits per heavy atom. The number of amides is 3. The summed E-state index contributed by atoms with van der Waals surface area (Å²) in [7, 11) is 0. The first kappa shape index (κ1) is 52.2. The van der Waals surface area contributed by atoms with Crippen LogP contribution in [0.15, 0.2) is 133 Å². The SMILES string of the molecule is CCCc1ccc(C(=O)Nc2ccc([C@@H]3CCCNC3)cc2)cn1.CCc1ccc(C(=O)Nc2ccc([C@@H]3CCCNC3)cc2)cn1.O=C(Nc1ccc(C2CNCCO2)cc1)c1csc(-c2cnccn2)n1. The van der Waals surface area contributed by atoms with E-state index in [2.05, 4.69) is 88.0 Å². The molecular weight excluding hydrogens is 935 g/mol. The Hall–Kier alpha value is -7.08. The van der Waals surface area contributed by atoms with Crippen LogP contribution in [-0.2, 0) is 17.6 Å². The quantitative estimate of drug-likeness (QED) is 0.0641. The molecule has 0 spiro atoms. The summed E-state index contributed by atoms with van der Waals surface area (Å²) in [6, 6.07) is 31.6. The van der Waals surface area contributed by atoms with E-state index in [0.717, 1.165) is 92.5 Å². The zero-order valence-corrected chi connectivity index (χ0v) is 42.4. The molecule has 7 heterocycles. The molecule has 3 fully saturated rings. The minimum atomic E-state index is -0.250. The molecule has 4 aromatic heterocycles. The first-order valence-electron chi connectivity index (χ1n) is 25.4. The lowest BCUT2D eigenvalue weighted by atomic mass is 9.91. The number of nitrogens with one attached hydrogen (secondary N) is 6. The van der Waals surface area contributed by atoms with Crippen molar-refractivity contribution < 1.29 is 19.1 Å². The second-order valence-corrected chi connectivity index (χ2v) is 19.0. The third-order valence-electron chi connectivity index (χ3n) is 12.9. The number of morpholine rings is 1. The number of piperidine rings is 2. The molecule has 0 bridgehead atoms. The van der Waals surface area contributed by atoms with Gasteiger partial charge in [-0.1, -0.05) is 56.7 Å². The van der Waals surface area contributed by atoms with Crippen molar-refractivity contribution in [3.8, 4) is 10.7 Å². The van der Waals surface area contributed by atoms with Crippen molar-refractivity contribution >= 4 is 46.1 Å². The van der Waals surface area contributed by atoms with E-state index < -0.39 is 0 Å². The number of hydrogen-bond acceptors (Lipinski definition) is 13. The van der Waals surface area contributed by atoms with Gasteiger partial charge in [0.1, 0.15) is 16.4 Å². The molecule has 3 amide bonds. The number of aromatic nitrogens is 5. The van der Waals surface area contributed by atoms with Crippen molar-refractivity contribution in [1.29, 1.82) is 0 Å². The number of carbonyl (C=O) groups is 3. The summed E-state index contributed by atoms with van der Waals surface area (Å²) in [5.41, 5.74) is 10.3. The van der Waals surface area contributed by atoms with Gasteiger partial charge in [-0.05, 0) is 141 Å². The van der Waals surface area contributed by atoms with E-state index in [1.807, 2.05) is 79.7 Å². The molecule has 3 saturated heterocycles. The van der Waals surface area contributed by atoms with Crippen LogP contribution in [0, 0.1) is 0 Å². The monoisotopic (exact) mass is 999 g/mol. The van der Waals surface area contributed by atoms with E-state index in [1.54, 1.807) is 36.4 Å². The number of nitrogens with zero attached hydrogens (tertiary/aromatic N) is 5. The second-order valence-electron chi connectivity index (χ2n) is 18.2. The van der Waals surface area contributed by atoms with Crippen LogP contribution in [0.1, 0.15) is 123 Å². The molecule has 3 aliphatic rings. The van der Waals surface area contributed by atoms with Crippen molar-refractivity contribution in [1.82, 2.24) is 40.9 Å². The maximum Gasteiger partial charge on any atom is 0.275 e. The van der Waals surface area contributed by atoms with Gasteiger partial charge in [-0.2, -0.15) is 0 Å². The smallest absolute Gasteiger partial charge is 0.275 e. The third-order valence-corrected chi connectivity index (χ3v) is 13.8. The fourth-order valence-corrected chi connectivity index (χ4v) is 9.51. The Morgan fingerprint density at radius 1 is 0.603 bits per heavy atom. The van der Waals surface area contributed by atoms with Crippen molar-refractivity contribution in [2.45, 2.75) is 76.7 Å². The number of anilines is 3. The van der Waals surface area contributed by atoms with Crippen LogP contribution in [0.3, 0.4) is 0 Å². The summed E-state index contributed by atoms with van der Waals surface area (Å²) in [4.78, 5) is 58.1. The molecule has 3 aliphatic heterocycles. The highest BCUT2D eigenvalue weighted by atomic mass is 32.1. The maximum absolute atomic E-state index is 12.4. The molecule has 15 nitrogen and oxygen atoms in total. The third kappa shape index (κ3) is 15.5. The minimum absolute atomic E-state index is 0.0570. The highest BCUT2D eigenvalue weighted by molar-refractivity contribution is 7.13. The fourth-order valence-electron chi connectivity index (χ4n) is 8.75. The average molecular weight is 1000 g/mol. The van der Waals surface area contributed by atoms with Crippen LogP contribution < -0.4 is 31.9 Å². The number of ether oxygens (including phenoxy) is 1. The predicted molar refractivity (Wildman–Crippen MR) is 289 cm³/mol. The minimum Gasteiger partial charge on any atom is -0.371 e. The molecule has 7 aromatic rings. The van der Waals surface area contributed by atoms with Gasteiger partial charge in [0, 0.05) is 84.8 Å². The number of thiazole rings is 1. The van der Waals surface area contributed by atoms with Crippen LogP contribution >= 0.6 is 11.3 Å². The molecule has 0 aliphatic carbocycles. The van der Waals surface area contributed by atoms with E-state index in [1.165, 1.54) is 48.1 Å². The van der Waals surface area contributed by atoms with Crippen molar-refractivity contribution in [3.63, 3.8) is 0 Å². The highest BCUT2D eigenvalue weighted by Crippen LogP contribution is 2.27. The van der Waals surface area contributed by atoms with Gasteiger partial charge in [-0.25, -0.2) is 4.98 Å². The number of hydrogen-bond donors (Lipinski definition) is 6. The number of benzene rings is 3. The lowest BCUT2D eigenvalue weighted by Crippen LogP contribution is -2.33. The molecule has 3 atom stereocenters. The standard InChI is InChI=1S/C20H25N3O.C19H23N3O.C18H17N5O2S/c1-2-4-18-9-8-17(14-22-18)20(24)23-19-10-6-15(7-11-19)16-5-3-12-21-13-16;1-2-17-8-7-16(13-21-17)19(23)22-18-9-5-14(6-10-18)15-4-3-11-20-12-15;24-17(15-11-26-18(23-15)14-9-19-5-6-21-14)22-13-3-1-12(2-4-13)16-10-20-7-8-25-16/h6-11,14,16,21H,2-5,12-13H2,1H3,(H,23,24);5-10,13,15,20H,2-4,11-12H2,1H3,(H,22,23);1-6,9,11,16,20H,7-8,10H2,(H,22,24)/t16-;15-;/m11./s1. The summed E-state index contributed by atoms with van der Waals surface area (Å²) in [6.07, 6.45) is 16.0. The normalized spacial score (nSPS) is 17.4. The lowest BCUT2D eigenvalue weighted by Gasteiger charge is -2.24. The number of aryl methyl sites for hydroxylation is 2. The number of carbonyl (C=O) groups excluding carboxylic acids is 3. The summed E-state index contributed by atoms with van der Waals surface area (Å²) in [6.45, 7) is 10.9. The Kier molecular flexibility index (Phi) is 19.4. The maximum atomic E-state index is 12.4. The second kappa shape index (κ2) is 27.1. The van der Waals surface area contributed by atoms with Gasteiger partial charge in [-0.3, -0.25) is 34.3 Å². The molecule has 378 valence electrons. The molecule has 3 aromatic carbocycles. The summed E-state index contributed by atoms with van der Waals surface area (Å²) >= 11 is 1.36. The van der Waals surface area contributed by atoms with Crippen molar-refractivity contribution in [3.05, 3.63) is 178 Å². The van der Waals surface area contributed by atoms with Gasteiger partial charge in [-0.15, -0.1) is 11.3 Å². The first-order valence-corrected chi connectivity index (χ1v) is 26.3. The summed E-state index contributed by atoms with van der Waals surface area (Å²) < 4.78 is 5.73. The Morgan fingerprint density at radius 2 is 1.15 bits per heavy atom. The molecule has 10 rings (SSSR count). The van der Waals surface area contributed by atoms with Gasteiger partial charge in [0.05, 0.1) is 30.0 Å². The zero-order valence-electron chi connectivity index (χ0n) is 41.6. The summed E-state index contributed by atoms with van der Waals surface area (Å²) in [5, 5.41) is 21.3. The Labute approximate surface area is 431 Å². The van der Waals surface area contributed by atoms with Crippen molar-refractivity contribution in [2.75, 3.05) is 61.8 Å². The van der Waals surface area contributed by atoms with Gasteiger partial charge in [0.2, 0.25) is 0 Å².